The van der Waals surface area contributed by atoms with Crippen LogP contribution in [0.3, 0.4) is 0 Å². The Labute approximate surface area is 277 Å². The number of ether oxygens (including phenoxy) is 2. The van der Waals surface area contributed by atoms with E-state index >= 15 is 0 Å². The lowest BCUT2D eigenvalue weighted by Gasteiger charge is -2.29. The van der Waals surface area contributed by atoms with Crippen molar-refractivity contribution in [1.82, 2.24) is 0 Å². The maximum atomic E-state index is 13.3. The van der Waals surface area contributed by atoms with E-state index in [0.717, 1.165) is 17.4 Å². The van der Waals surface area contributed by atoms with Crippen LogP contribution in [0, 0.1) is 11.8 Å². The zero-order valence-corrected chi connectivity index (χ0v) is 28.1. The lowest BCUT2D eigenvalue weighted by atomic mass is 9.77. The van der Waals surface area contributed by atoms with Crippen LogP contribution in [0.25, 0.3) is 0 Å². The van der Waals surface area contributed by atoms with Gasteiger partial charge < -0.3 is 9.47 Å². The van der Waals surface area contributed by atoms with E-state index in [1.165, 1.54) is 101 Å². The molecule has 2 fully saturated rings. The molecule has 4 nitrogen and oxygen atoms in total. The number of hydrogen-bond acceptors (Lipinski definition) is 4. The van der Waals surface area contributed by atoms with Gasteiger partial charge in [0.05, 0.1) is 11.1 Å². The minimum atomic E-state index is -0.696. The first kappa shape index (κ1) is 33.9. The number of rotatable bonds is 14. The van der Waals surface area contributed by atoms with Gasteiger partial charge >= 0.3 is 11.9 Å². The van der Waals surface area contributed by atoms with E-state index in [1.54, 1.807) is 0 Å². The van der Waals surface area contributed by atoms with E-state index in [1.807, 2.05) is 54.6 Å². The molecule has 5 rings (SSSR count). The van der Waals surface area contributed by atoms with Crippen LogP contribution >= 0.6 is 0 Å². The van der Waals surface area contributed by atoms with Crippen LogP contribution in [0.4, 0.5) is 0 Å². The summed E-state index contributed by atoms with van der Waals surface area (Å²) in [5, 5.41) is 0. The maximum absolute atomic E-state index is 13.3. The summed E-state index contributed by atoms with van der Waals surface area (Å²) in [7, 11) is 0. The summed E-state index contributed by atoms with van der Waals surface area (Å²) in [5.41, 5.74) is 4.46. The molecule has 2 saturated carbocycles. The van der Waals surface area contributed by atoms with Crippen molar-refractivity contribution in [3.8, 4) is 0 Å². The van der Waals surface area contributed by atoms with Crippen molar-refractivity contribution in [1.29, 1.82) is 0 Å². The van der Waals surface area contributed by atoms with E-state index in [2.05, 4.69) is 38.1 Å². The number of esters is 2. The highest BCUT2D eigenvalue weighted by Gasteiger charge is 2.25. The van der Waals surface area contributed by atoms with E-state index < -0.39 is 18.0 Å². The van der Waals surface area contributed by atoms with Crippen molar-refractivity contribution < 1.29 is 19.1 Å². The average molecular weight is 623 g/mol. The minimum Gasteiger partial charge on any atom is -0.458 e. The Morgan fingerprint density at radius 1 is 0.609 bits per heavy atom. The van der Waals surface area contributed by atoms with Crippen LogP contribution < -0.4 is 0 Å². The van der Waals surface area contributed by atoms with Crippen molar-refractivity contribution in [2.45, 2.75) is 122 Å². The number of carbonyl (C=O) groups excluding carboxylic acids is 2. The molecule has 0 saturated heterocycles. The number of carbonyl (C=O) groups is 2. The van der Waals surface area contributed by atoms with Crippen LogP contribution in [-0.2, 0) is 9.47 Å². The van der Waals surface area contributed by atoms with Crippen molar-refractivity contribution in [3.63, 3.8) is 0 Å². The van der Waals surface area contributed by atoms with Gasteiger partial charge in [0.15, 0.2) is 6.10 Å². The van der Waals surface area contributed by atoms with Crippen molar-refractivity contribution in [2.75, 3.05) is 6.61 Å². The first-order chi connectivity index (χ1) is 22.5. The largest absolute Gasteiger partial charge is 0.458 e. The molecular formula is C42H54O4. The summed E-state index contributed by atoms with van der Waals surface area (Å²) in [4.78, 5) is 26.3. The Kier molecular flexibility index (Phi) is 12.9. The zero-order valence-electron chi connectivity index (χ0n) is 28.1. The standard InChI is InChI=1S/C42H54O4/c1-3-5-10-31-14-18-33(19-15-31)35-22-26-38(27-23-35)41(43)45-30-40(37-12-8-7-9-13-37)46-42(44)39-28-24-36(25-29-39)34-20-16-32(17-21-34)11-6-4-2/h7-9,12-13,22-29,31-34,40H,3-6,10-11,14-21,30H2,1-2H3. The molecule has 246 valence electrons. The molecular weight excluding hydrogens is 568 g/mol. The third-order valence-corrected chi connectivity index (χ3v) is 10.6. The monoisotopic (exact) mass is 622 g/mol. The quantitative estimate of drug-likeness (QED) is 0.168. The second kappa shape index (κ2) is 17.5. The summed E-state index contributed by atoms with van der Waals surface area (Å²) < 4.78 is 11.7. The fraction of sp³-hybridized carbons (Fsp3) is 0.524. The molecule has 0 amide bonds. The zero-order chi connectivity index (χ0) is 32.1. The second-order valence-electron chi connectivity index (χ2n) is 13.9. The molecule has 2 aliphatic carbocycles. The third kappa shape index (κ3) is 9.56. The average Bonchev–Trinajstić information content (AvgIpc) is 3.12. The second-order valence-corrected chi connectivity index (χ2v) is 13.9. The fourth-order valence-electron chi connectivity index (χ4n) is 7.64. The molecule has 1 unspecified atom stereocenters. The Bertz CT molecular complexity index is 1330. The summed E-state index contributed by atoms with van der Waals surface area (Å²) in [6, 6.07) is 25.4. The van der Waals surface area contributed by atoms with Gasteiger partial charge in [-0.25, -0.2) is 9.59 Å². The van der Waals surface area contributed by atoms with E-state index in [9.17, 15) is 9.59 Å². The molecule has 3 aromatic rings. The Morgan fingerprint density at radius 3 is 1.52 bits per heavy atom. The van der Waals surface area contributed by atoms with Gasteiger partial charge in [0, 0.05) is 0 Å². The fourth-order valence-corrected chi connectivity index (χ4v) is 7.64. The van der Waals surface area contributed by atoms with Gasteiger partial charge in [-0.1, -0.05) is 107 Å². The molecule has 0 spiro atoms. The van der Waals surface area contributed by atoms with Crippen LogP contribution in [0.5, 0.6) is 0 Å². The van der Waals surface area contributed by atoms with E-state index in [4.69, 9.17) is 9.47 Å². The number of hydrogen-bond donors (Lipinski definition) is 0. The maximum Gasteiger partial charge on any atom is 0.338 e. The molecule has 0 aromatic heterocycles. The first-order valence-electron chi connectivity index (χ1n) is 18.2. The normalized spacial score (nSPS) is 22.1. The molecule has 0 bridgehead atoms. The molecule has 2 aliphatic rings. The molecule has 0 radical (unpaired) electrons. The molecule has 1 atom stereocenters. The Hall–Kier alpha value is -3.40. The molecule has 46 heavy (non-hydrogen) atoms. The molecule has 4 heteroatoms. The number of unbranched alkanes of at least 4 members (excludes halogenated alkanes) is 2. The van der Waals surface area contributed by atoms with Gasteiger partial charge in [0.2, 0.25) is 0 Å². The molecule has 0 heterocycles. The van der Waals surface area contributed by atoms with Crippen LogP contribution in [0.1, 0.15) is 159 Å². The highest BCUT2D eigenvalue weighted by Crippen LogP contribution is 2.39. The van der Waals surface area contributed by atoms with Gasteiger partial charge in [0.1, 0.15) is 6.61 Å². The summed E-state index contributed by atoms with van der Waals surface area (Å²) in [6.07, 6.45) is 17.4. The van der Waals surface area contributed by atoms with Gasteiger partial charge in [-0.15, -0.1) is 0 Å². The van der Waals surface area contributed by atoms with Crippen molar-refractivity contribution in [2.24, 2.45) is 11.8 Å². The SMILES string of the molecule is CCCCC1CCC(c2ccc(C(=O)OCC(OC(=O)c3ccc(C4CCC(CCCC)CC4)cc3)c3ccccc3)cc2)CC1. The van der Waals surface area contributed by atoms with E-state index in [0.29, 0.717) is 23.0 Å². The summed E-state index contributed by atoms with van der Waals surface area (Å²) in [5.74, 6) is 2.08. The lowest BCUT2D eigenvalue weighted by molar-refractivity contribution is -0.00134. The predicted octanol–water partition coefficient (Wildman–Crippen LogP) is 11.4. The van der Waals surface area contributed by atoms with E-state index in [-0.39, 0.29) is 6.61 Å². The minimum absolute atomic E-state index is 0.0442. The Balaban J connectivity index is 1.14. The Morgan fingerprint density at radius 2 is 1.07 bits per heavy atom. The highest BCUT2D eigenvalue weighted by molar-refractivity contribution is 5.90. The smallest absolute Gasteiger partial charge is 0.338 e. The van der Waals surface area contributed by atoms with Crippen LogP contribution in [0.2, 0.25) is 0 Å². The molecule has 0 N–H and O–H groups in total. The lowest BCUT2D eigenvalue weighted by Crippen LogP contribution is -2.19. The third-order valence-electron chi connectivity index (χ3n) is 10.6. The molecule has 0 aliphatic heterocycles. The van der Waals surface area contributed by atoms with Gasteiger partial charge in [-0.2, -0.15) is 0 Å². The van der Waals surface area contributed by atoms with Crippen molar-refractivity contribution in [3.05, 3.63) is 107 Å². The van der Waals surface area contributed by atoms with Gasteiger partial charge in [-0.05, 0) is 116 Å². The highest BCUT2D eigenvalue weighted by atomic mass is 16.6. The summed E-state index contributed by atoms with van der Waals surface area (Å²) in [6.45, 7) is 4.49. The summed E-state index contributed by atoms with van der Waals surface area (Å²) >= 11 is 0. The van der Waals surface area contributed by atoms with Crippen molar-refractivity contribution >= 4 is 11.9 Å². The predicted molar refractivity (Wildman–Crippen MR) is 186 cm³/mol. The van der Waals surface area contributed by atoms with Gasteiger partial charge in [0.25, 0.3) is 0 Å². The topological polar surface area (TPSA) is 52.6 Å². The molecule has 3 aromatic carbocycles. The van der Waals surface area contributed by atoms with Gasteiger partial charge in [-0.3, -0.25) is 0 Å². The first-order valence-corrected chi connectivity index (χ1v) is 18.2. The van der Waals surface area contributed by atoms with Crippen LogP contribution in [0.15, 0.2) is 78.9 Å². The van der Waals surface area contributed by atoms with Crippen LogP contribution in [-0.4, -0.2) is 18.5 Å². The number of benzene rings is 3.